The van der Waals surface area contributed by atoms with E-state index in [9.17, 15) is 9.59 Å². The van der Waals surface area contributed by atoms with Crippen LogP contribution in [-0.4, -0.2) is 31.7 Å². The topological polar surface area (TPSA) is 78.6 Å². The summed E-state index contributed by atoms with van der Waals surface area (Å²) in [5.74, 6) is -3.65. The molecule has 5 heteroatoms. The summed E-state index contributed by atoms with van der Waals surface area (Å²) in [6.07, 6.45) is 0. The lowest BCUT2D eigenvalue weighted by Gasteiger charge is -2.25. The van der Waals surface area contributed by atoms with Gasteiger partial charge in [-0.15, -0.1) is 0 Å². The highest BCUT2D eigenvalue weighted by Gasteiger charge is 2.45. The Morgan fingerprint density at radius 1 is 1.12 bits per heavy atom. The molecule has 1 amide bonds. The Kier molecular flexibility index (Phi) is 3.76. The predicted octanol–water partition coefficient (Wildman–Crippen LogP) is 0.344. The van der Waals surface area contributed by atoms with E-state index in [4.69, 9.17) is 15.2 Å². The molecule has 0 unspecified atom stereocenters. The van der Waals surface area contributed by atoms with Gasteiger partial charge in [-0.05, 0) is 0 Å². The van der Waals surface area contributed by atoms with E-state index in [0.717, 1.165) is 0 Å². The van der Waals surface area contributed by atoms with Gasteiger partial charge < -0.3 is 15.2 Å². The number of carbonyl (C=O) groups excluding carboxylic acids is 2. The average Bonchev–Trinajstić information content (AvgIpc) is 2.32. The molecule has 0 saturated carbocycles. The maximum absolute atomic E-state index is 12.0. The van der Waals surface area contributed by atoms with E-state index < -0.39 is 17.5 Å². The summed E-state index contributed by atoms with van der Waals surface area (Å²) in [4.78, 5) is 23.3. The summed E-state index contributed by atoms with van der Waals surface area (Å²) in [6.45, 7) is 0. The van der Waals surface area contributed by atoms with Gasteiger partial charge in [0.2, 0.25) is 5.78 Å². The van der Waals surface area contributed by atoms with Gasteiger partial charge in [0.1, 0.15) is 0 Å². The molecule has 0 spiro atoms. The van der Waals surface area contributed by atoms with E-state index in [0.29, 0.717) is 5.56 Å². The molecule has 86 valence electrons. The van der Waals surface area contributed by atoms with Crippen molar-refractivity contribution in [3.63, 3.8) is 0 Å². The highest BCUT2D eigenvalue weighted by atomic mass is 16.7. The molecule has 0 aliphatic carbocycles. The second-order valence-corrected chi connectivity index (χ2v) is 3.08. The Labute approximate surface area is 93.1 Å². The van der Waals surface area contributed by atoms with Gasteiger partial charge in [0.15, 0.2) is 0 Å². The number of hydrogen-bond donors (Lipinski definition) is 1. The number of carbonyl (C=O) groups is 2. The monoisotopic (exact) mass is 223 g/mol. The van der Waals surface area contributed by atoms with Crippen molar-refractivity contribution in [1.29, 1.82) is 0 Å². The number of amides is 1. The van der Waals surface area contributed by atoms with Crippen LogP contribution in [0.3, 0.4) is 0 Å². The molecule has 0 bridgehead atoms. The Morgan fingerprint density at radius 2 is 1.62 bits per heavy atom. The smallest absolute Gasteiger partial charge is 0.315 e. The molecular weight excluding hydrogens is 210 g/mol. The molecular formula is C11H13NO4. The number of hydrogen-bond acceptors (Lipinski definition) is 4. The van der Waals surface area contributed by atoms with Gasteiger partial charge in [-0.3, -0.25) is 9.59 Å². The van der Waals surface area contributed by atoms with Crippen LogP contribution in [0.2, 0.25) is 0 Å². The first-order valence-electron chi connectivity index (χ1n) is 4.58. The van der Waals surface area contributed by atoms with Crippen LogP contribution in [0.4, 0.5) is 0 Å². The van der Waals surface area contributed by atoms with Crippen molar-refractivity contribution >= 4 is 11.7 Å². The van der Waals surface area contributed by atoms with Gasteiger partial charge in [0, 0.05) is 19.8 Å². The third-order valence-electron chi connectivity index (χ3n) is 2.23. The minimum absolute atomic E-state index is 0.296. The zero-order chi connectivity index (χ0) is 12.2. The van der Waals surface area contributed by atoms with Crippen molar-refractivity contribution in [3.8, 4) is 0 Å². The minimum atomic E-state index is -2.05. The van der Waals surface area contributed by atoms with E-state index in [-0.39, 0.29) is 0 Å². The summed E-state index contributed by atoms with van der Waals surface area (Å²) < 4.78 is 9.64. The maximum atomic E-state index is 12.0. The van der Waals surface area contributed by atoms with Crippen LogP contribution >= 0.6 is 0 Å². The van der Waals surface area contributed by atoms with Crippen LogP contribution < -0.4 is 5.73 Å². The van der Waals surface area contributed by atoms with Crippen molar-refractivity contribution in [3.05, 3.63) is 35.9 Å². The van der Waals surface area contributed by atoms with Gasteiger partial charge in [-0.1, -0.05) is 30.3 Å². The summed E-state index contributed by atoms with van der Waals surface area (Å²) in [7, 11) is 2.38. The van der Waals surface area contributed by atoms with Gasteiger partial charge in [-0.25, -0.2) is 0 Å². The molecule has 1 aromatic rings. The van der Waals surface area contributed by atoms with E-state index in [1.54, 1.807) is 30.3 Å². The van der Waals surface area contributed by atoms with Crippen molar-refractivity contribution in [1.82, 2.24) is 0 Å². The number of benzene rings is 1. The highest BCUT2D eigenvalue weighted by Crippen LogP contribution is 2.18. The molecule has 1 rings (SSSR count). The standard InChI is InChI=1S/C11H13NO4/c1-15-11(16-2,10(12)14)9(13)8-6-4-3-5-7-8/h3-7H,1-2H3,(H2,12,14). The summed E-state index contributed by atoms with van der Waals surface area (Å²) in [5, 5.41) is 0. The average molecular weight is 223 g/mol. The second kappa shape index (κ2) is 4.87. The molecule has 0 fully saturated rings. The maximum Gasteiger partial charge on any atom is 0.315 e. The minimum Gasteiger partial charge on any atom is -0.365 e. The van der Waals surface area contributed by atoms with Crippen LogP contribution in [-0.2, 0) is 14.3 Å². The predicted molar refractivity (Wildman–Crippen MR) is 56.7 cm³/mol. The van der Waals surface area contributed by atoms with Gasteiger partial charge in [-0.2, -0.15) is 0 Å². The van der Waals surface area contributed by atoms with Gasteiger partial charge in [0.05, 0.1) is 0 Å². The van der Waals surface area contributed by atoms with E-state index >= 15 is 0 Å². The third-order valence-corrected chi connectivity index (χ3v) is 2.23. The lowest BCUT2D eigenvalue weighted by Crippen LogP contribution is -2.53. The Bertz CT molecular complexity index is 384. The van der Waals surface area contributed by atoms with Crippen LogP contribution in [0.5, 0.6) is 0 Å². The van der Waals surface area contributed by atoms with E-state index in [1.807, 2.05) is 0 Å². The lowest BCUT2D eigenvalue weighted by atomic mass is 10.0. The quantitative estimate of drug-likeness (QED) is 0.443. The number of ether oxygens (including phenoxy) is 2. The van der Waals surface area contributed by atoms with Gasteiger partial charge >= 0.3 is 5.79 Å². The Balaban J connectivity index is 3.15. The molecule has 2 N–H and O–H groups in total. The van der Waals surface area contributed by atoms with Crippen molar-refractivity contribution < 1.29 is 19.1 Å². The first-order chi connectivity index (χ1) is 7.58. The molecule has 0 saturated heterocycles. The fourth-order valence-corrected chi connectivity index (χ4v) is 1.36. The Hall–Kier alpha value is -1.72. The number of rotatable bonds is 5. The number of primary amides is 1. The fraction of sp³-hybridized carbons (Fsp3) is 0.273. The number of ketones is 1. The summed E-state index contributed by atoms with van der Waals surface area (Å²) in [5.41, 5.74) is 5.42. The van der Waals surface area contributed by atoms with Crippen molar-refractivity contribution in [2.45, 2.75) is 5.79 Å². The second-order valence-electron chi connectivity index (χ2n) is 3.08. The number of Topliss-reactive ketones (excluding diaryl/α,β-unsaturated/α-hetero) is 1. The normalized spacial score (nSPS) is 11.1. The number of nitrogens with two attached hydrogens (primary N) is 1. The molecule has 0 heterocycles. The molecule has 5 nitrogen and oxygen atoms in total. The summed E-state index contributed by atoms with van der Waals surface area (Å²) >= 11 is 0. The molecule has 0 atom stereocenters. The Morgan fingerprint density at radius 3 is 2.00 bits per heavy atom. The third kappa shape index (κ3) is 1.95. The van der Waals surface area contributed by atoms with Crippen LogP contribution in [0.25, 0.3) is 0 Å². The first kappa shape index (κ1) is 12.4. The van der Waals surface area contributed by atoms with Crippen LogP contribution in [0.1, 0.15) is 10.4 Å². The largest absolute Gasteiger partial charge is 0.365 e. The van der Waals surface area contributed by atoms with Crippen LogP contribution in [0, 0.1) is 0 Å². The molecule has 0 aliphatic heterocycles. The van der Waals surface area contributed by atoms with Crippen molar-refractivity contribution in [2.24, 2.45) is 5.73 Å². The fourth-order valence-electron chi connectivity index (χ4n) is 1.36. The molecule has 0 aliphatic rings. The van der Waals surface area contributed by atoms with Crippen LogP contribution in [0.15, 0.2) is 30.3 Å². The molecule has 0 radical (unpaired) electrons. The number of methoxy groups -OCH3 is 2. The zero-order valence-corrected chi connectivity index (χ0v) is 9.10. The molecule has 0 aromatic heterocycles. The molecule has 1 aromatic carbocycles. The molecule has 16 heavy (non-hydrogen) atoms. The highest BCUT2D eigenvalue weighted by molar-refractivity contribution is 6.15. The first-order valence-corrected chi connectivity index (χ1v) is 4.58. The van der Waals surface area contributed by atoms with Crippen molar-refractivity contribution in [2.75, 3.05) is 14.2 Å². The van der Waals surface area contributed by atoms with E-state index in [1.165, 1.54) is 14.2 Å². The lowest BCUT2D eigenvalue weighted by molar-refractivity contribution is -0.183. The zero-order valence-electron chi connectivity index (χ0n) is 9.10. The van der Waals surface area contributed by atoms with Gasteiger partial charge in [0.25, 0.3) is 5.91 Å². The summed E-state index contributed by atoms with van der Waals surface area (Å²) in [6, 6.07) is 8.20. The SMILES string of the molecule is COC(OC)(C(N)=O)C(=O)c1ccccc1. The van der Waals surface area contributed by atoms with E-state index in [2.05, 4.69) is 0 Å².